The van der Waals surface area contributed by atoms with Crippen LogP contribution in [0, 0.1) is 0 Å². The monoisotopic (exact) mass is 947 g/mol. The van der Waals surface area contributed by atoms with E-state index in [1.165, 1.54) is 45.1 Å². The minimum absolute atomic E-state index is 0. The van der Waals surface area contributed by atoms with Gasteiger partial charge in [0.15, 0.2) is 17.5 Å². The number of carbonyl (C=O) groups is 1. The molecule has 0 aromatic carbocycles. The third-order valence-corrected chi connectivity index (χ3v) is 9.43. The fourth-order valence-electron chi connectivity index (χ4n) is 5.86. The summed E-state index contributed by atoms with van der Waals surface area (Å²) < 4.78 is 13.8. The van der Waals surface area contributed by atoms with Crippen molar-refractivity contribution in [1.29, 1.82) is 0 Å². The minimum Gasteiger partial charge on any atom is -1.00 e. The molecule has 0 spiro atoms. The molecule has 20 nitrogen and oxygen atoms in total. The summed E-state index contributed by atoms with van der Waals surface area (Å²) >= 11 is 5.86. The van der Waals surface area contributed by atoms with Crippen LogP contribution in [0.25, 0.3) is 0 Å². The molecule has 1 aliphatic rings. The molecule has 0 atom stereocenters. The molecule has 68 heavy (non-hydrogen) atoms. The summed E-state index contributed by atoms with van der Waals surface area (Å²) in [7, 11) is 0. The number of esters is 1. The van der Waals surface area contributed by atoms with Crippen LogP contribution in [0.4, 0.5) is 17.5 Å². The Balaban J connectivity index is 0.000000482. The number of nitrogens with zero attached hydrogens (tertiary/aromatic N) is 9. The summed E-state index contributed by atoms with van der Waals surface area (Å²) in [5.74, 6) is 0.281. The number of rotatable bonds is 19. The van der Waals surface area contributed by atoms with Crippen molar-refractivity contribution in [1.82, 2.24) is 43.6 Å². The third-order valence-electron chi connectivity index (χ3n) is 9.13. The van der Waals surface area contributed by atoms with Gasteiger partial charge in [-0.1, -0.05) is 29.8 Å². The molecule has 0 unspecified atom stereocenters. The van der Waals surface area contributed by atoms with Gasteiger partial charge in [-0.2, -0.15) is 0 Å². The first kappa shape index (κ1) is 57.9. The zero-order valence-electron chi connectivity index (χ0n) is 39.5. The number of ether oxygens (including phenoxy) is 2. The molecular weight excluding hydrogens is 890 g/mol. The molecule has 1 aliphatic heterocycles. The van der Waals surface area contributed by atoms with Gasteiger partial charge in [0.1, 0.15) is 11.7 Å². The van der Waals surface area contributed by atoms with Gasteiger partial charge in [-0.25, -0.2) is 15.0 Å². The van der Waals surface area contributed by atoms with Crippen molar-refractivity contribution in [3.63, 3.8) is 0 Å². The Morgan fingerprint density at radius 1 is 0.676 bits per heavy atom. The minimum atomic E-state index is -0.449. The Morgan fingerprint density at radius 3 is 1.54 bits per heavy atom. The zero-order chi connectivity index (χ0) is 47.2. The molecule has 0 saturated carbocycles. The molecule has 7 rings (SSSR count). The standard InChI is InChI=1S/C15H18N4O3.C13H15ClN4O2.C13H16N4O2.C4H8O.B.Li.H/c1-2-22-13(20)11-19-10-9-18-14(15(19)21)17-8-6-12-5-3-4-7-16-12;14-11-9-17-12(13(20)18(11)7-8-19)16-6-4-10-3-1-2-5-15-10;18-10-9-17-8-7-16-12(13(17)19)15-6-4-11-3-1-2-5-14-11;1-2-4-5-3-1;;;/h3-5,7,9-10H,2,6,8,11H2,1H3,(H,17,18);1-3,5,9,19H,4,6-8H2,(H,16,17);1-3,5,7-8,18H,4,6,9-10H2,(H,15,16);1-4H2;;;/q;;;;;+1;-1. The van der Waals surface area contributed by atoms with E-state index in [0.717, 1.165) is 36.7 Å². The van der Waals surface area contributed by atoms with E-state index in [9.17, 15) is 19.2 Å². The fourth-order valence-corrected chi connectivity index (χ4v) is 6.07. The third kappa shape index (κ3) is 21.2. The molecule has 0 aliphatic carbocycles. The van der Waals surface area contributed by atoms with Gasteiger partial charge in [0, 0.05) is 128 Å². The number of nitrogens with one attached hydrogen (secondary N) is 3. The molecule has 0 amide bonds. The van der Waals surface area contributed by atoms with Crippen LogP contribution in [-0.4, -0.2) is 121 Å². The maximum absolute atomic E-state index is 12.2. The molecule has 5 N–H and O–H groups in total. The topological polar surface area (TPSA) is 255 Å². The zero-order valence-corrected chi connectivity index (χ0v) is 39.2. The van der Waals surface area contributed by atoms with Crippen molar-refractivity contribution in [2.24, 2.45) is 0 Å². The SMILES string of the molecule is C1CCOC1.CCOC(=O)Cn1ccnc(NCCc2ccccn2)c1=O.O=c1c(NCCc2ccccn2)ncc(Cl)n1CCO.O=c1c(NCCc2ccccn2)nccn1CCO.[B].[H-].[Li+]. The first-order chi connectivity index (χ1) is 32.2. The molecule has 3 radical (unpaired) electrons. The second kappa shape index (κ2) is 34.1. The number of aromatic nitrogens is 9. The summed E-state index contributed by atoms with van der Waals surface area (Å²) in [6, 6.07) is 17.1. The van der Waals surface area contributed by atoms with Crippen molar-refractivity contribution in [2.45, 2.75) is 58.7 Å². The van der Waals surface area contributed by atoms with Crippen molar-refractivity contribution in [2.75, 3.05) is 68.6 Å². The second-order valence-corrected chi connectivity index (χ2v) is 14.3. The molecular formula is C45H58BClLiN12O8. The molecule has 357 valence electrons. The fraction of sp³-hybridized carbons (Fsp3) is 0.378. The van der Waals surface area contributed by atoms with Crippen molar-refractivity contribution >= 4 is 43.4 Å². The number of anilines is 3. The van der Waals surface area contributed by atoms with Crippen LogP contribution in [-0.2, 0) is 53.2 Å². The number of pyridine rings is 3. The normalized spacial score (nSPS) is 11.1. The number of aliphatic hydroxyl groups excluding tert-OH is 2. The quantitative estimate of drug-likeness (QED) is 0.0512. The Hall–Kier alpha value is -6.21. The molecule has 23 heteroatoms. The van der Waals surface area contributed by atoms with Gasteiger partial charge < -0.3 is 41.6 Å². The van der Waals surface area contributed by atoms with Gasteiger partial charge in [0.25, 0.3) is 16.7 Å². The molecule has 1 fully saturated rings. The van der Waals surface area contributed by atoms with Crippen LogP contribution in [0.1, 0.15) is 38.3 Å². The molecule has 1 saturated heterocycles. The Morgan fingerprint density at radius 2 is 1.13 bits per heavy atom. The Kier molecular flexibility index (Phi) is 29.1. The number of hydrogen-bond donors (Lipinski definition) is 5. The number of hydrogen-bond acceptors (Lipinski definition) is 17. The van der Waals surface area contributed by atoms with Gasteiger partial charge in [0.05, 0.1) is 32.6 Å². The molecule has 0 bridgehead atoms. The Bertz CT molecular complexity index is 2490. The number of carbonyl (C=O) groups excluding carboxylic acids is 1. The maximum Gasteiger partial charge on any atom is 1.00 e. The summed E-state index contributed by atoms with van der Waals surface area (Å²) in [6.07, 6.45) is 17.3. The molecule has 7 heterocycles. The van der Waals surface area contributed by atoms with Crippen LogP contribution in [0.15, 0.2) is 119 Å². The van der Waals surface area contributed by atoms with Crippen molar-refractivity contribution in [3.05, 3.63) is 157 Å². The maximum atomic E-state index is 12.2. The van der Waals surface area contributed by atoms with E-state index in [-0.39, 0.29) is 102 Å². The van der Waals surface area contributed by atoms with Gasteiger partial charge in [-0.15, -0.1) is 0 Å². The summed E-state index contributed by atoms with van der Waals surface area (Å²) in [5, 5.41) is 26.9. The summed E-state index contributed by atoms with van der Waals surface area (Å²) in [6.45, 7) is 5.74. The number of halogens is 1. The first-order valence-electron chi connectivity index (χ1n) is 21.5. The van der Waals surface area contributed by atoms with Crippen LogP contribution >= 0.6 is 11.6 Å². The van der Waals surface area contributed by atoms with E-state index in [1.807, 2.05) is 54.6 Å². The molecule has 6 aromatic rings. The smallest absolute Gasteiger partial charge is 1.00 e. The summed E-state index contributed by atoms with van der Waals surface area (Å²) in [4.78, 5) is 72.2. The first-order valence-corrected chi connectivity index (χ1v) is 21.8. The van der Waals surface area contributed by atoms with Crippen LogP contribution in [0.2, 0.25) is 5.15 Å². The summed E-state index contributed by atoms with van der Waals surface area (Å²) in [5.41, 5.74) is 1.91. The van der Waals surface area contributed by atoms with Gasteiger partial charge in [-0.3, -0.25) is 43.3 Å². The Labute approximate surface area is 414 Å². The van der Waals surface area contributed by atoms with Crippen LogP contribution in [0.5, 0.6) is 0 Å². The van der Waals surface area contributed by atoms with E-state index >= 15 is 0 Å². The van der Waals surface area contributed by atoms with E-state index in [2.05, 4.69) is 45.9 Å². The van der Waals surface area contributed by atoms with E-state index in [0.29, 0.717) is 38.3 Å². The van der Waals surface area contributed by atoms with E-state index < -0.39 is 5.97 Å². The average Bonchev–Trinajstić information content (AvgIpc) is 3.94. The second-order valence-electron chi connectivity index (χ2n) is 13.9. The van der Waals surface area contributed by atoms with E-state index in [1.54, 1.807) is 37.9 Å². The van der Waals surface area contributed by atoms with Gasteiger partial charge in [-0.05, 0) is 56.2 Å². The van der Waals surface area contributed by atoms with Crippen molar-refractivity contribution in [3.8, 4) is 0 Å². The van der Waals surface area contributed by atoms with Crippen LogP contribution < -0.4 is 51.5 Å². The van der Waals surface area contributed by atoms with Gasteiger partial charge >= 0.3 is 24.8 Å². The average molecular weight is 948 g/mol. The van der Waals surface area contributed by atoms with E-state index in [4.69, 9.17) is 31.3 Å². The molecule has 6 aromatic heterocycles. The predicted octanol–water partition coefficient (Wildman–Crippen LogP) is -0.388. The van der Waals surface area contributed by atoms with Crippen LogP contribution in [0.3, 0.4) is 0 Å². The number of aliphatic hydroxyl groups is 2. The predicted molar refractivity (Wildman–Crippen MR) is 258 cm³/mol. The van der Waals surface area contributed by atoms with Crippen molar-refractivity contribution < 1.29 is 44.8 Å². The van der Waals surface area contributed by atoms with Gasteiger partial charge in [0.2, 0.25) is 0 Å². The largest absolute Gasteiger partial charge is 1.00 e.